The number of aromatic amines is 2. The molecule has 2 heterocycles. The Morgan fingerprint density at radius 3 is 1.20 bits per heavy atom. The molecule has 4 aliphatic carbocycles. The minimum absolute atomic E-state index is 0.0207. The first-order valence-corrected chi connectivity index (χ1v) is 39.6. The van der Waals surface area contributed by atoms with Crippen molar-refractivity contribution in [3.8, 4) is 23.5 Å². The second kappa shape index (κ2) is 40.2. The van der Waals surface area contributed by atoms with Crippen molar-refractivity contribution in [1.29, 1.82) is 5.26 Å². The van der Waals surface area contributed by atoms with Gasteiger partial charge in [-0.05, 0) is 225 Å². The van der Waals surface area contributed by atoms with E-state index in [1.165, 1.54) is 24.3 Å². The zero-order valence-corrected chi connectivity index (χ0v) is 69.4. The van der Waals surface area contributed by atoms with Crippen molar-refractivity contribution in [3.63, 3.8) is 0 Å². The molecule has 0 saturated heterocycles. The summed E-state index contributed by atoms with van der Waals surface area (Å²) in [7, 11) is 0. The highest BCUT2D eigenvalue weighted by Gasteiger charge is 2.46. The Kier molecular flexibility index (Phi) is 32.0. The number of amides is 4. The molecule has 8 atom stereocenters. The second-order valence-electron chi connectivity index (χ2n) is 37.2. The van der Waals surface area contributed by atoms with Crippen molar-refractivity contribution in [2.75, 3.05) is 50.1 Å². The number of aryl methyl sites for hydroxylation is 2. The lowest BCUT2D eigenvalue weighted by molar-refractivity contribution is -0.147. The summed E-state index contributed by atoms with van der Waals surface area (Å²) in [5.41, 5.74) is 2.17. The standard InChI is InChI=1S/C48H62N4O10.C34H50N4O6.C7H6O2/c1-31-38(16-17-60-42(57)19-35-22-46(4,5)28-48(7,24-35)30-50-44(59)62-37-14-10-33(26-54)11-15-37)39(55)20-40(51-31)52-41(56)18-34-21-45(2,3)27-47(6,23-34)29-49-43(58)61-36-12-8-32(25-53)9-13-36;1-23-26(8-9-44-30(42)11-25-14-32(4,5)18-34(7,16-25)20-43-21-35)27(40)12-28(37-23)38-29(41)10-24-13-31(2,3)17-33(6,15-24)19-36-22-39;8-5-6-1-3-7(9)4-2-6/h8-15,20,25-26,34-35H,16-19,21-24,27-30H2,1-7H3,(H,49,58)(H,50,59)(H2,51,52,55,56);12,24-25H,8-11,13-20H2,1-7H3,(H2,37,38,40,41);1-5,9H. The number of pyridine rings is 2. The van der Waals surface area contributed by atoms with Gasteiger partial charge in [0.05, 0.1) is 19.8 Å². The number of benzene rings is 3. The molecular weight excluding hydrogens is 1470 g/mol. The molecule has 8 unspecified atom stereocenters. The summed E-state index contributed by atoms with van der Waals surface area (Å²) in [4.78, 5) is 156. The Morgan fingerprint density at radius 2 is 0.843 bits per heavy atom. The van der Waals surface area contributed by atoms with Gasteiger partial charge in [0.2, 0.25) is 17.9 Å². The van der Waals surface area contributed by atoms with Crippen LogP contribution < -0.4 is 41.6 Å². The highest BCUT2D eigenvalue weighted by Crippen LogP contribution is 2.53. The van der Waals surface area contributed by atoms with E-state index < -0.39 is 12.2 Å². The van der Waals surface area contributed by atoms with Crippen LogP contribution in [0.1, 0.15) is 239 Å². The van der Waals surface area contributed by atoms with Crippen molar-refractivity contribution in [1.82, 2.24) is 20.6 Å². The molecule has 0 spiro atoms. The van der Waals surface area contributed by atoms with Crippen LogP contribution >= 0.6 is 0 Å². The Hall–Kier alpha value is -10.5. The van der Waals surface area contributed by atoms with E-state index in [1.807, 2.05) is 0 Å². The van der Waals surface area contributed by atoms with Crippen molar-refractivity contribution in [2.24, 2.45) is 72.0 Å². The van der Waals surface area contributed by atoms with E-state index in [4.69, 9.17) is 34.1 Å². The highest BCUT2D eigenvalue weighted by molar-refractivity contribution is 5.90. The number of ether oxygens (including phenoxy) is 5. The van der Waals surface area contributed by atoms with Crippen LogP contribution in [0, 0.1) is 92.4 Å². The van der Waals surface area contributed by atoms with Gasteiger partial charge in [-0.2, -0.15) is 5.26 Å². The number of phenolic OH excluding ortho intramolecular Hbond substituents is 1. The maximum Gasteiger partial charge on any atom is 0.412 e. The average Bonchev–Trinajstić information content (AvgIpc) is 0.809. The lowest BCUT2D eigenvalue weighted by atomic mass is 9.60. The quantitative estimate of drug-likeness (QED) is 0.00768. The molecule has 4 amide bonds. The molecule has 7 N–H and O–H groups in total. The third-order valence-electron chi connectivity index (χ3n) is 22.3. The van der Waals surface area contributed by atoms with E-state index >= 15 is 0 Å². The fraction of sp³-hybridized carbons (Fsp3) is 0.562. The van der Waals surface area contributed by atoms with Crippen LogP contribution in [-0.2, 0) is 51.0 Å². The molecule has 3 aromatic carbocycles. The Balaban J connectivity index is 0.000000299. The number of nitrogens with one attached hydrogen (secondary N) is 6. The first-order chi connectivity index (χ1) is 53.9. The highest BCUT2D eigenvalue weighted by atomic mass is 16.6. The van der Waals surface area contributed by atoms with Crippen LogP contribution in [0.5, 0.6) is 17.2 Å². The van der Waals surface area contributed by atoms with Gasteiger partial charge in [0.15, 0.2) is 10.9 Å². The number of nitriles is 1. The van der Waals surface area contributed by atoms with Gasteiger partial charge in [-0.1, -0.05) is 83.1 Å². The smallest absolute Gasteiger partial charge is 0.412 e. The fourth-order valence-corrected chi connectivity index (χ4v) is 19.8. The number of carbonyl (C=O) groups is 9. The maximum atomic E-state index is 13.3. The molecule has 5 aromatic rings. The summed E-state index contributed by atoms with van der Waals surface area (Å²) in [6.45, 7) is 30.9. The molecule has 4 saturated carbocycles. The summed E-state index contributed by atoms with van der Waals surface area (Å²) in [6, 6.07) is 21.3. The first kappa shape index (κ1) is 91.6. The third kappa shape index (κ3) is 30.3. The van der Waals surface area contributed by atoms with Crippen molar-refractivity contribution in [3.05, 3.63) is 145 Å². The first-order valence-electron chi connectivity index (χ1n) is 39.6. The summed E-state index contributed by atoms with van der Waals surface area (Å²) in [6.07, 6.45) is 15.9. The molecule has 622 valence electrons. The second-order valence-corrected chi connectivity index (χ2v) is 37.2. The number of aromatic hydroxyl groups is 1. The van der Waals surface area contributed by atoms with E-state index in [0.29, 0.717) is 108 Å². The molecular formula is C89H118N8O18. The van der Waals surface area contributed by atoms with Gasteiger partial charge in [-0.25, -0.2) is 19.4 Å². The summed E-state index contributed by atoms with van der Waals surface area (Å²) in [5, 5.41) is 29.1. The summed E-state index contributed by atoms with van der Waals surface area (Å²) in [5.74, 6) is 0.760. The molecule has 115 heavy (non-hydrogen) atoms. The molecule has 4 fully saturated rings. The number of rotatable bonds is 29. The number of anilines is 2. The fourth-order valence-electron chi connectivity index (χ4n) is 19.8. The van der Waals surface area contributed by atoms with Crippen molar-refractivity contribution in [2.45, 2.75) is 213 Å². The van der Waals surface area contributed by atoms with Crippen LogP contribution in [0.25, 0.3) is 0 Å². The largest absolute Gasteiger partial charge is 0.508 e. The van der Waals surface area contributed by atoms with E-state index in [0.717, 1.165) is 83.1 Å². The summed E-state index contributed by atoms with van der Waals surface area (Å²) < 4.78 is 27.0. The van der Waals surface area contributed by atoms with Crippen LogP contribution in [-0.4, -0.2) is 115 Å². The predicted molar refractivity (Wildman–Crippen MR) is 435 cm³/mol. The van der Waals surface area contributed by atoms with Crippen LogP contribution in [0.4, 0.5) is 21.2 Å². The minimum atomic E-state index is -0.592. The van der Waals surface area contributed by atoms with Gasteiger partial charge >= 0.3 is 24.1 Å². The topological polar surface area (TPSA) is 387 Å². The molecule has 4 aliphatic rings. The van der Waals surface area contributed by atoms with Gasteiger partial charge in [0.25, 0.3) is 6.26 Å². The molecule has 9 rings (SSSR count). The number of phenols is 1. The zero-order chi connectivity index (χ0) is 84.7. The Morgan fingerprint density at radius 1 is 0.504 bits per heavy atom. The number of carbonyl (C=O) groups excluding carboxylic acids is 10. The number of H-pyrrole nitrogens is 2. The maximum absolute atomic E-state index is 13.3. The number of esters is 2. The monoisotopic (exact) mass is 1590 g/mol. The van der Waals surface area contributed by atoms with Gasteiger partial charge in [0.1, 0.15) is 54.3 Å². The lowest BCUT2D eigenvalue weighted by Gasteiger charge is -2.46. The molecule has 26 nitrogen and oxygen atoms in total. The molecule has 0 aliphatic heterocycles. The van der Waals surface area contributed by atoms with Gasteiger partial charge in [0, 0.05) is 108 Å². The van der Waals surface area contributed by atoms with E-state index in [9.17, 15) is 57.5 Å². The van der Waals surface area contributed by atoms with E-state index in [1.54, 1.807) is 86.8 Å². The van der Waals surface area contributed by atoms with Crippen molar-refractivity contribution >= 4 is 72.5 Å². The minimum Gasteiger partial charge on any atom is -0.508 e. The number of aromatic nitrogens is 2. The lowest BCUT2D eigenvalue weighted by Crippen LogP contribution is -2.44. The van der Waals surface area contributed by atoms with E-state index in [2.05, 4.69) is 119 Å². The van der Waals surface area contributed by atoms with Crippen LogP contribution in [0.3, 0.4) is 0 Å². The van der Waals surface area contributed by atoms with Gasteiger partial charge < -0.3 is 60.0 Å². The van der Waals surface area contributed by atoms with Crippen LogP contribution in [0.15, 0.2) is 99.5 Å². The molecule has 26 heteroatoms. The number of hydrogen-bond acceptors (Lipinski definition) is 20. The van der Waals surface area contributed by atoms with Crippen molar-refractivity contribution < 1.29 is 76.7 Å². The SMILES string of the molecule is Cc1[nH]c(NC(=O)CC2CC(C)(C)CC(C)(CN=C=O)C2)cc(=O)c1CCOC(=O)CC1CC(C)(C)CC(C)(COC#N)C1.Cc1[nH]c(NC(=O)CC2CC(C)(C)CC(C)(CNC(=O)Oc3ccc(C=O)cc3)C2)cc(=O)c1CCOC(=O)CC1CC(C)(C)CC(C)(CNC(=O)Oc2ccc(C=O)cc2)C1.O=Cc1ccc(O)cc1. The number of nitrogens with zero attached hydrogens (tertiary/aromatic N) is 2. The Labute approximate surface area is 674 Å². The molecule has 2 aromatic heterocycles. The molecule has 0 radical (unpaired) electrons. The van der Waals surface area contributed by atoms with Crippen LogP contribution in [0.2, 0.25) is 0 Å². The predicted octanol–water partition coefficient (Wildman–Crippen LogP) is 15.5. The number of aldehydes is 3. The summed E-state index contributed by atoms with van der Waals surface area (Å²) >= 11 is 0. The number of aliphatic imine (C=N–C) groups is 1. The van der Waals surface area contributed by atoms with Gasteiger partial charge in [-0.3, -0.25) is 43.2 Å². The zero-order valence-electron chi connectivity index (χ0n) is 69.4. The normalized spacial score (nSPS) is 23.3. The molecule has 0 bridgehead atoms. The number of isocyanates is 1. The average molecular weight is 1590 g/mol. The number of hydrogen-bond donors (Lipinski definition) is 7. The van der Waals surface area contributed by atoms with Gasteiger partial charge in [-0.15, -0.1) is 0 Å². The van der Waals surface area contributed by atoms with E-state index in [-0.39, 0.29) is 153 Å². The third-order valence-corrected chi connectivity index (χ3v) is 22.3. The Bertz CT molecular complexity index is 4460.